The number of sulfonamides is 1. The van der Waals surface area contributed by atoms with Gasteiger partial charge in [-0.1, -0.05) is 11.6 Å². The minimum absolute atomic E-state index is 0.147. The predicted molar refractivity (Wildman–Crippen MR) is 73.9 cm³/mol. The number of aryl methyl sites for hydroxylation is 1. The van der Waals surface area contributed by atoms with Crippen molar-refractivity contribution in [1.29, 1.82) is 0 Å². The molecule has 18 heavy (non-hydrogen) atoms. The lowest BCUT2D eigenvalue weighted by Crippen LogP contribution is -2.25. The van der Waals surface area contributed by atoms with Crippen LogP contribution < -0.4 is 10.5 Å². The van der Waals surface area contributed by atoms with Crippen molar-refractivity contribution >= 4 is 27.3 Å². The zero-order chi connectivity index (χ0) is 13.8. The molecule has 0 heterocycles. The Hall–Kier alpha value is -1.22. The molecule has 0 radical (unpaired) electrons. The molecule has 0 bridgehead atoms. The second-order valence-electron chi connectivity index (χ2n) is 3.71. The van der Waals surface area contributed by atoms with Gasteiger partial charge in [-0.25, -0.2) is 13.1 Å². The monoisotopic (exact) mass is 286 g/mol. The lowest BCUT2D eigenvalue weighted by molar-refractivity contribution is 0.582. The Kier molecular flexibility index (Phi) is 5.03. The van der Waals surface area contributed by atoms with Crippen LogP contribution in [-0.2, 0) is 10.0 Å². The van der Waals surface area contributed by atoms with Crippen LogP contribution >= 0.6 is 11.6 Å². The van der Waals surface area contributed by atoms with Crippen molar-refractivity contribution < 1.29 is 8.42 Å². The highest BCUT2D eigenvalue weighted by Gasteiger charge is 2.17. The summed E-state index contributed by atoms with van der Waals surface area (Å²) in [5.41, 5.74) is 6.42. The number of benzene rings is 1. The van der Waals surface area contributed by atoms with Crippen molar-refractivity contribution in [3.63, 3.8) is 0 Å². The van der Waals surface area contributed by atoms with E-state index in [0.29, 0.717) is 17.0 Å². The molecule has 1 rings (SSSR count). The Balaban J connectivity index is 2.97. The van der Waals surface area contributed by atoms with E-state index in [9.17, 15) is 8.42 Å². The van der Waals surface area contributed by atoms with Crippen molar-refractivity contribution in [3.05, 3.63) is 22.7 Å². The minimum atomic E-state index is -3.57. The Morgan fingerprint density at radius 3 is 2.72 bits per heavy atom. The predicted octanol–water partition coefficient (Wildman–Crippen LogP) is 1.92. The van der Waals surface area contributed by atoms with Gasteiger partial charge >= 0.3 is 0 Å². The molecule has 1 aromatic carbocycles. The average Bonchev–Trinajstić information content (AvgIpc) is 2.29. The number of halogens is 1. The van der Waals surface area contributed by atoms with E-state index in [0.717, 1.165) is 0 Å². The molecule has 0 aliphatic carbocycles. The van der Waals surface area contributed by atoms with E-state index < -0.39 is 10.0 Å². The van der Waals surface area contributed by atoms with Gasteiger partial charge in [-0.15, -0.1) is 11.8 Å². The molecule has 0 aliphatic heterocycles. The van der Waals surface area contributed by atoms with Crippen molar-refractivity contribution in [2.24, 2.45) is 0 Å². The van der Waals surface area contributed by atoms with Crippen molar-refractivity contribution in [1.82, 2.24) is 4.72 Å². The van der Waals surface area contributed by atoms with E-state index in [1.165, 1.54) is 12.1 Å². The number of nitrogens with one attached hydrogen (secondary N) is 1. The van der Waals surface area contributed by atoms with Gasteiger partial charge in [-0.05, 0) is 31.5 Å². The fourth-order valence-electron chi connectivity index (χ4n) is 1.41. The summed E-state index contributed by atoms with van der Waals surface area (Å²) in [4.78, 5) is 0.147. The number of nitrogens with two attached hydrogens (primary N) is 1. The molecule has 0 saturated heterocycles. The third-order valence-electron chi connectivity index (χ3n) is 2.30. The van der Waals surface area contributed by atoms with Gasteiger partial charge in [-0.2, -0.15) is 0 Å². The summed E-state index contributed by atoms with van der Waals surface area (Å²) >= 11 is 5.82. The lowest BCUT2D eigenvalue weighted by Gasteiger charge is -2.10. The maximum atomic E-state index is 12.0. The molecule has 6 heteroatoms. The number of anilines is 1. The summed E-state index contributed by atoms with van der Waals surface area (Å²) in [5.74, 6) is 5.48. The standard InChI is InChI=1S/C12H15ClN2O2S/c1-3-4-5-6-15-18(16,17)12-8-11(14)10(13)7-9(12)2/h7-8,15H,5-6,14H2,1-2H3. The van der Waals surface area contributed by atoms with Gasteiger partial charge < -0.3 is 5.73 Å². The Labute approximate surface area is 113 Å². The molecular formula is C12H15ClN2O2S. The highest BCUT2D eigenvalue weighted by molar-refractivity contribution is 7.89. The van der Waals surface area contributed by atoms with Crippen LogP contribution in [0.5, 0.6) is 0 Å². The Morgan fingerprint density at radius 2 is 2.11 bits per heavy atom. The van der Waals surface area contributed by atoms with Gasteiger partial charge in [0.15, 0.2) is 0 Å². The van der Waals surface area contributed by atoms with Gasteiger partial charge in [0.05, 0.1) is 15.6 Å². The molecule has 0 aromatic heterocycles. The molecule has 0 saturated carbocycles. The topological polar surface area (TPSA) is 72.2 Å². The second-order valence-corrected chi connectivity index (χ2v) is 5.86. The molecule has 0 unspecified atom stereocenters. The Morgan fingerprint density at radius 1 is 1.44 bits per heavy atom. The number of nitrogen functional groups attached to an aromatic ring is 1. The third kappa shape index (κ3) is 3.64. The van der Waals surface area contributed by atoms with E-state index in [1.807, 2.05) is 0 Å². The van der Waals surface area contributed by atoms with E-state index in [-0.39, 0.29) is 17.1 Å². The largest absolute Gasteiger partial charge is 0.397 e. The quantitative estimate of drug-likeness (QED) is 0.505. The molecule has 0 spiro atoms. The average molecular weight is 287 g/mol. The van der Waals surface area contributed by atoms with E-state index in [1.54, 1.807) is 13.8 Å². The van der Waals surface area contributed by atoms with Gasteiger partial charge in [-0.3, -0.25) is 0 Å². The summed E-state index contributed by atoms with van der Waals surface area (Å²) in [6.07, 6.45) is 0.470. The zero-order valence-corrected chi connectivity index (χ0v) is 11.8. The second kappa shape index (κ2) is 6.10. The molecule has 0 aliphatic rings. The number of hydrogen-bond acceptors (Lipinski definition) is 3. The zero-order valence-electron chi connectivity index (χ0n) is 10.2. The van der Waals surface area contributed by atoms with Crippen LogP contribution in [0.1, 0.15) is 18.9 Å². The fourth-order valence-corrected chi connectivity index (χ4v) is 2.92. The fraction of sp³-hybridized carbons (Fsp3) is 0.333. The summed E-state index contributed by atoms with van der Waals surface area (Å²) < 4.78 is 26.5. The lowest BCUT2D eigenvalue weighted by atomic mass is 10.2. The number of hydrogen-bond donors (Lipinski definition) is 2. The van der Waals surface area contributed by atoms with Crippen molar-refractivity contribution in [2.45, 2.75) is 25.2 Å². The first-order chi connectivity index (χ1) is 8.38. The molecule has 0 amide bonds. The first-order valence-corrected chi connectivity index (χ1v) is 7.19. The molecular weight excluding hydrogens is 272 g/mol. The molecule has 4 nitrogen and oxygen atoms in total. The third-order valence-corrected chi connectivity index (χ3v) is 4.23. The van der Waals surface area contributed by atoms with Gasteiger partial charge in [0.25, 0.3) is 0 Å². The molecule has 98 valence electrons. The SMILES string of the molecule is CC#CCCNS(=O)(=O)c1cc(N)c(Cl)cc1C. The smallest absolute Gasteiger partial charge is 0.240 e. The highest BCUT2D eigenvalue weighted by atomic mass is 35.5. The normalized spacial score (nSPS) is 10.8. The summed E-state index contributed by atoms with van der Waals surface area (Å²) in [7, 11) is -3.57. The van der Waals surface area contributed by atoms with Crippen LogP contribution in [-0.4, -0.2) is 15.0 Å². The van der Waals surface area contributed by atoms with E-state index in [2.05, 4.69) is 16.6 Å². The summed E-state index contributed by atoms with van der Waals surface area (Å²) in [6.45, 7) is 3.65. The van der Waals surface area contributed by atoms with Gasteiger partial charge in [0.2, 0.25) is 10.0 Å². The Bertz CT molecular complexity index is 600. The first kappa shape index (κ1) is 14.8. The van der Waals surface area contributed by atoms with Crippen LogP contribution in [0, 0.1) is 18.8 Å². The maximum Gasteiger partial charge on any atom is 0.240 e. The van der Waals surface area contributed by atoms with Crippen LogP contribution in [0.2, 0.25) is 5.02 Å². The summed E-state index contributed by atoms with van der Waals surface area (Å²) in [5, 5.41) is 0.350. The molecule has 3 N–H and O–H groups in total. The van der Waals surface area contributed by atoms with Gasteiger partial charge in [0, 0.05) is 13.0 Å². The molecule has 1 aromatic rings. The summed E-state index contributed by atoms with van der Waals surface area (Å²) in [6, 6.07) is 2.91. The van der Waals surface area contributed by atoms with Crippen LogP contribution in [0.15, 0.2) is 17.0 Å². The van der Waals surface area contributed by atoms with Crippen LogP contribution in [0.25, 0.3) is 0 Å². The number of rotatable bonds is 4. The van der Waals surface area contributed by atoms with Crippen LogP contribution in [0.3, 0.4) is 0 Å². The van der Waals surface area contributed by atoms with Gasteiger partial charge in [0.1, 0.15) is 0 Å². The van der Waals surface area contributed by atoms with Crippen molar-refractivity contribution in [2.75, 3.05) is 12.3 Å². The van der Waals surface area contributed by atoms with E-state index in [4.69, 9.17) is 17.3 Å². The van der Waals surface area contributed by atoms with E-state index >= 15 is 0 Å². The first-order valence-electron chi connectivity index (χ1n) is 5.33. The van der Waals surface area contributed by atoms with Crippen molar-refractivity contribution in [3.8, 4) is 11.8 Å². The highest BCUT2D eigenvalue weighted by Crippen LogP contribution is 2.25. The van der Waals surface area contributed by atoms with Crippen LogP contribution in [0.4, 0.5) is 5.69 Å². The minimum Gasteiger partial charge on any atom is -0.397 e. The maximum absolute atomic E-state index is 12.0. The molecule has 0 fully saturated rings. The molecule has 0 atom stereocenters.